The highest BCUT2D eigenvalue weighted by Gasteiger charge is 2.16. The zero-order chi connectivity index (χ0) is 12.2. The van der Waals surface area contributed by atoms with Crippen LogP contribution in [0.25, 0.3) is 0 Å². The number of hydrogen-bond acceptors (Lipinski definition) is 4. The van der Waals surface area contributed by atoms with Crippen molar-refractivity contribution in [2.24, 2.45) is 0 Å². The smallest absolute Gasteiger partial charge is 0.306 e. The van der Waals surface area contributed by atoms with Crippen molar-refractivity contribution < 1.29 is 18.7 Å². The van der Waals surface area contributed by atoms with Crippen LogP contribution in [0.15, 0.2) is 16.5 Å². The van der Waals surface area contributed by atoms with Crippen molar-refractivity contribution in [1.82, 2.24) is 0 Å². The molecule has 0 aliphatic rings. The normalized spacial score (nSPS) is 11.2. The topological polar surface area (TPSA) is 56.5 Å². The molecule has 0 saturated carbocycles. The van der Waals surface area contributed by atoms with E-state index in [-0.39, 0.29) is 18.2 Å². The number of aldehydes is 1. The van der Waals surface area contributed by atoms with E-state index in [0.29, 0.717) is 18.5 Å². The number of esters is 1. The van der Waals surface area contributed by atoms with Crippen LogP contribution in [0.5, 0.6) is 0 Å². The first-order chi connectivity index (χ1) is 7.40. The van der Waals surface area contributed by atoms with Crippen LogP contribution < -0.4 is 0 Å². The molecule has 0 saturated heterocycles. The van der Waals surface area contributed by atoms with E-state index in [0.717, 1.165) is 0 Å². The Morgan fingerprint density at radius 1 is 1.44 bits per heavy atom. The van der Waals surface area contributed by atoms with Gasteiger partial charge >= 0.3 is 5.97 Å². The Labute approximate surface area is 94.6 Å². The number of hydrogen-bond donors (Lipinski definition) is 0. The Balaban J connectivity index is 2.40. The predicted molar refractivity (Wildman–Crippen MR) is 58.3 cm³/mol. The third-order valence-corrected chi connectivity index (χ3v) is 1.79. The molecule has 1 aromatic heterocycles. The van der Waals surface area contributed by atoms with Gasteiger partial charge in [-0.05, 0) is 32.9 Å². The van der Waals surface area contributed by atoms with Crippen molar-refractivity contribution in [2.75, 3.05) is 0 Å². The first kappa shape index (κ1) is 12.5. The first-order valence-corrected chi connectivity index (χ1v) is 5.16. The van der Waals surface area contributed by atoms with Gasteiger partial charge < -0.3 is 9.15 Å². The average Bonchev–Trinajstić information content (AvgIpc) is 2.59. The van der Waals surface area contributed by atoms with Gasteiger partial charge in [0.2, 0.25) is 0 Å². The molecule has 0 unspecified atom stereocenters. The summed E-state index contributed by atoms with van der Waals surface area (Å²) in [6.45, 7) is 5.47. The van der Waals surface area contributed by atoms with Gasteiger partial charge in [0, 0.05) is 6.42 Å². The molecule has 1 rings (SSSR count). The lowest BCUT2D eigenvalue weighted by molar-refractivity contribution is -0.154. The summed E-state index contributed by atoms with van der Waals surface area (Å²) in [7, 11) is 0. The molecule has 0 amide bonds. The first-order valence-electron chi connectivity index (χ1n) is 5.16. The largest absolute Gasteiger partial charge is 0.460 e. The molecule has 16 heavy (non-hydrogen) atoms. The molecule has 0 N–H and O–H groups in total. The van der Waals surface area contributed by atoms with Crippen molar-refractivity contribution in [3.05, 3.63) is 23.7 Å². The third-order valence-electron chi connectivity index (χ3n) is 1.79. The van der Waals surface area contributed by atoms with Crippen LogP contribution in [0.2, 0.25) is 0 Å². The second-order valence-electron chi connectivity index (χ2n) is 4.51. The Bertz CT molecular complexity index is 371. The Morgan fingerprint density at radius 2 is 2.12 bits per heavy atom. The maximum absolute atomic E-state index is 11.4. The molecular weight excluding hydrogens is 208 g/mol. The zero-order valence-electron chi connectivity index (χ0n) is 9.78. The standard InChI is InChI=1S/C12H16O4/c1-12(2,3)16-11(14)7-6-9-4-5-10(8-13)15-9/h4-5,8H,6-7H2,1-3H3. The number of rotatable bonds is 4. The number of furan rings is 1. The minimum absolute atomic E-state index is 0.253. The molecule has 0 spiro atoms. The average molecular weight is 224 g/mol. The van der Waals surface area contributed by atoms with E-state index >= 15 is 0 Å². The lowest BCUT2D eigenvalue weighted by atomic mass is 10.2. The fourth-order valence-electron chi connectivity index (χ4n) is 1.21. The van der Waals surface area contributed by atoms with E-state index in [4.69, 9.17) is 9.15 Å². The van der Waals surface area contributed by atoms with Crippen LogP contribution in [0.1, 0.15) is 43.5 Å². The van der Waals surface area contributed by atoms with Crippen molar-refractivity contribution >= 4 is 12.3 Å². The lowest BCUT2D eigenvalue weighted by Crippen LogP contribution is -2.23. The summed E-state index contributed by atoms with van der Waals surface area (Å²) < 4.78 is 10.3. The van der Waals surface area contributed by atoms with Crippen LogP contribution in [0.4, 0.5) is 0 Å². The fraction of sp³-hybridized carbons (Fsp3) is 0.500. The molecule has 0 aliphatic heterocycles. The number of ether oxygens (including phenoxy) is 1. The molecule has 4 heteroatoms. The van der Waals surface area contributed by atoms with E-state index in [2.05, 4.69) is 0 Å². The third kappa shape index (κ3) is 4.29. The van der Waals surface area contributed by atoms with E-state index in [1.54, 1.807) is 12.1 Å². The lowest BCUT2D eigenvalue weighted by Gasteiger charge is -2.19. The molecule has 0 aliphatic carbocycles. The molecule has 1 heterocycles. The van der Waals surface area contributed by atoms with Gasteiger partial charge in [-0.2, -0.15) is 0 Å². The second kappa shape index (κ2) is 4.96. The molecule has 0 aromatic carbocycles. The molecule has 0 atom stereocenters. The van der Waals surface area contributed by atoms with Crippen LogP contribution in [0, 0.1) is 0 Å². The van der Waals surface area contributed by atoms with Crippen LogP contribution in [-0.4, -0.2) is 17.9 Å². The van der Waals surface area contributed by atoms with Crippen molar-refractivity contribution in [3.63, 3.8) is 0 Å². The number of carbonyl (C=O) groups excluding carboxylic acids is 2. The summed E-state index contributed by atoms with van der Waals surface area (Å²) in [5, 5.41) is 0. The van der Waals surface area contributed by atoms with E-state index in [1.807, 2.05) is 20.8 Å². The molecule has 0 bridgehead atoms. The highest BCUT2D eigenvalue weighted by molar-refractivity contribution is 5.71. The van der Waals surface area contributed by atoms with Crippen LogP contribution in [0.3, 0.4) is 0 Å². The number of carbonyl (C=O) groups is 2. The van der Waals surface area contributed by atoms with E-state index in [1.165, 1.54) is 0 Å². The van der Waals surface area contributed by atoms with Crippen LogP contribution in [-0.2, 0) is 16.0 Å². The summed E-state index contributed by atoms with van der Waals surface area (Å²) in [6, 6.07) is 3.27. The molecule has 4 nitrogen and oxygen atoms in total. The quantitative estimate of drug-likeness (QED) is 0.582. The van der Waals surface area contributed by atoms with Gasteiger partial charge in [-0.25, -0.2) is 0 Å². The highest BCUT2D eigenvalue weighted by atomic mass is 16.6. The Kier molecular flexibility index (Phi) is 3.88. The van der Waals surface area contributed by atoms with Gasteiger partial charge in [0.15, 0.2) is 12.0 Å². The van der Waals surface area contributed by atoms with Gasteiger partial charge in [0.25, 0.3) is 0 Å². The molecule has 0 radical (unpaired) electrons. The monoisotopic (exact) mass is 224 g/mol. The van der Waals surface area contributed by atoms with Gasteiger partial charge in [0.05, 0.1) is 6.42 Å². The van der Waals surface area contributed by atoms with Crippen molar-refractivity contribution in [2.45, 2.75) is 39.2 Å². The minimum Gasteiger partial charge on any atom is -0.460 e. The van der Waals surface area contributed by atoms with Crippen LogP contribution >= 0.6 is 0 Å². The molecule has 88 valence electrons. The van der Waals surface area contributed by atoms with Crippen molar-refractivity contribution in [3.8, 4) is 0 Å². The molecular formula is C12H16O4. The van der Waals surface area contributed by atoms with E-state index in [9.17, 15) is 9.59 Å². The van der Waals surface area contributed by atoms with Crippen molar-refractivity contribution in [1.29, 1.82) is 0 Å². The van der Waals surface area contributed by atoms with Gasteiger partial charge in [-0.1, -0.05) is 0 Å². The zero-order valence-corrected chi connectivity index (χ0v) is 9.78. The molecule has 1 aromatic rings. The summed E-state index contributed by atoms with van der Waals surface area (Å²) in [5.41, 5.74) is -0.464. The van der Waals surface area contributed by atoms with Gasteiger partial charge in [-0.15, -0.1) is 0 Å². The second-order valence-corrected chi connectivity index (χ2v) is 4.51. The summed E-state index contributed by atoms with van der Waals surface area (Å²) in [6.07, 6.45) is 1.34. The Hall–Kier alpha value is -1.58. The predicted octanol–water partition coefficient (Wildman–Crippen LogP) is 2.37. The maximum atomic E-state index is 11.4. The molecule has 0 fully saturated rings. The highest BCUT2D eigenvalue weighted by Crippen LogP contribution is 2.12. The van der Waals surface area contributed by atoms with Gasteiger partial charge in [-0.3, -0.25) is 9.59 Å². The summed E-state index contributed by atoms with van der Waals surface area (Å²) in [4.78, 5) is 21.7. The minimum atomic E-state index is -0.464. The summed E-state index contributed by atoms with van der Waals surface area (Å²) >= 11 is 0. The van der Waals surface area contributed by atoms with E-state index < -0.39 is 5.60 Å². The maximum Gasteiger partial charge on any atom is 0.306 e. The summed E-state index contributed by atoms with van der Waals surface area (Å²) in [5.74, 6) is 0.628. The van der Waals surface area contributed by atoms with Gasteiger partial charge in [0.1, 0.15) is 11.4 Å². The fourth-order valence-corrected chi connectivity index (χ4v) is 1.21. The Morgan fingerprint density at radius 3 is 2.62 bits per heavy atom. The SMILES string of the molecule is CC(C)(C)OC(=O)CCc1ccc(C=O)o1. The number of aryl methyl sites for hydroxylation is 1.